The number of primary amides is 1. The number of hydrogen-bond donors (Lipinski definition) is 3. The fourth-order valence-electron chi connectivity index (χ4n) is 2.37. The van der Waals surface area contributed by atoms with Gasteiger partial charge < -0.3 is 25.8 Å². The number of halogens is 3. The van der Waals surface area contributed by atoms with Crippen molar-refractivity contribution in [3.05, 3.63) is 23.8 Å². The summed E-state index contributed by atoms with van der Waals surface area (Å²) >= 11 is 0. The number of ether oxygens (including phenoxy) is 2. The zero-order chi connectivity index (χ0) is 23.8. The zero-order valence-corrected chi connectivity index (χ0v) is 17.9. The molecule has 4 N–H and O–H groups in total. The van der Waals surface area contributed by atoms with Crippen molar-refractivity contribution in [2.45, 2.75) is 45.8 Å². The second-order valence-electron chi connectivity index (χ2n) is 8.08. The van der Waals surface area contributed by atoms with E-state index < -0.39 is 36.6 Å². The molecule has 1 rings (SSSR count). The van der Waals surface area contributed by atoms with E-state index in [2.05, 4.69) is 15.4 Å². The third-order valence-electron chi connectivity index (χ3n) is 3.91. The summed E-state index contributed by atoms with van der Waals surface area (Å²) in [6, 6.07) is 2.80. The Bertz CT molecular complexity index is 791. The van der Waals surface area contributed by atoms with Crippen LogP contribution in [-0.4, -0.2) is 50.3 Å². The lowest BCUT2D eigenvalue weighted by Crippen LogP contribution is -2.42. The van der Waals surface area contributed by atoms with Crippen LogP contribution in [-0.2, 0) is 14.3 Å². The number of amides is 2. The van der Waals surface area contributed by atoms with Crippen LogP contribution in [0.4, 0.5) is 18.9 Å². The van der Waals surface area contributed by atoms with E-state index in [4.69, 9.17) is 10.5 Å². The largest absolute Gasteiger partial charge is 0.482 e. The molecule has 0 saturated carbocycles. The summed E-state index contributed by atoms with van der Waals surface area (Å²) < 4.78 is 47.4. The summed E-state index contributed by atoms with van der Waals surface area (Å²) in [4.78, 5) is 35.4. The molecule has 0 heterocycles. The Kier molecular flexibility index (Phi) is 9.14. The number of esters is 1. The molecule has 0 radical (unpaired) electrons. The van der Waals surface area contributed by atoms with Gasteiger partial charge in [0.2, 0.25) is 5.91 Å². The summed E-state index contributed by atoms with van der Waals surface area (Å²) in [5, 5.41) is 5.40. The van der Waals surface area contributed by atoms with E-state index in [1.807, 2.05) is 20.8 Å². The van der Waals surface area contributed by atoms with Crippen LogP contribution >= 0.6 is 0 Å². The number of benzene rings is 1. The Balaban J connectivity index is 3.09. The fourth-order valence-corrected chi connectivity index (χ4v) is 2.37. The Morgan fingerprint density at radius 2 is 1.81 bits per heavy atom. The summed E-state index contributed by atoms with van der Waals surface area (Å²) in [6.45, 7) is 4.73. The Morgan fingerprint density at radius 3 is 2.32 bits per heavy atom. The van der Waals surface area contributed by atoms with E-state index in [1.165, 1.54) is 12.1 Å². The second-order valence-corrected chi connectivity index (χ2v) is 8.08. The summed E-state index contributed by atoms with van der Waals surface area (Å²) in [6.07, 6.45) is -4.82. The van der Waals surface area contributed by atoms with Crippen LogP contribution in [0.5, 0.6) is 5.75 Å². The topological polar surface area (TPSA) is 120 Å². The van der Waals surface area contributed by atoms with Crippen molar-refractivity contribution in [2.24, 2.45) is 11.1 Å². The van der Waals surface area contributed by atoms with Gasteiger partial charge in [-0.3, -0.25) is 9.59 Å². The van der Waals surface area contributed by atoms with Crippen molar-refractivity contribution in [1.29, 1.82) is 0 Å². The molecule has 31 heavy (non-hydrogen) atoms. The SMILES string of the molecule is COC(=O)C(CCC(N)=O)NC(=O)c1ccc(NCC(C)(C)C)c(OCC(F)(F)F)c1. The molecule has 1 aromatic rings. The third kappa shape index (κ3) is 10.1. The lowest BCUT2D eigenvalue weighted by molar-refractivity contribution is -0.153. The highest BCUT2D eigenvalue weighted by Crippen LogP contribution is 2.29. The van der Waals surface area contributed by atoms with E-state index >= 15 is 0 Å². The number of anilines is 1. The fraction of sp³-hybridized carbons (Fsp3) is 0.550. The maximum atomic E-state index is 12.6. The normalized spacial score (nSPS) is 12.6. The first-order valence-electron chi connectivity index (χ1n) is 9.46. The molecule has 8 nitrogen and oxygen atoms in total. The predicted octanol–water partition coefficient (Wildman–Crippen LogP) is 2.62. The molecule has 2 amide bonds. The molecule has 0 aliphatic heterocycles. The van der Waals surface area contributed by atoms with E-state index in [-0.39, 0.29) is 35.3 Å². The summed E-state index contributed by atoms with van der Waals surface area (Å²) in [7, 11) is 1.12. The van der Waals surface area contributed by atoms with Gasteiger partial charge in [-0.2, -0.15) is 13.2 Å². The van der Waals surface area contributed by atoms with Crippen molar-refractivity contribution >= 4 is 23.5 Å². The minimum atomic E-state index is -4.57. The Labute approximate surface area is 178 Å². The minimum Gasteiger partial charge on any atom is -0.482 e. The molecule has 1 unspecified atom stereocenters. The van der Waals surface area contributed by atoms with Gasteiger partial charge in [0.25, 0.3) is 5.91 Å². The van der Waals surface area contributed by atoms with Gasteiger partial charge in [-0.1, -0.05) is 20.8 Å². The van der Waals surface area contributed by atoms with Crippen LogP contribution in [0.3, 0.4) is 0 Å². The lowest BCUT2D eigenvalue weighted by Gasteiger charge is -2.22. The first-order valence-corrected chi connectivity index (χ1v) is 9.46. The van der Waals surface area contributed by atoms with Gasteiger partial charge in [0.05, 0.1) is 12.8 Å². The molecule has 11 heteroatoms. The highest BCUT2D eigenvalue weighted by atomic mass is 19.4. The molecule has 0 bridgehead atoms. The van der Waals surface area contributed by atoms with E-state index in [1.54, 1.807) is 0 Å². The summed E-state index contributed by atoms with van der Waals surface area (Å²) in [5.41, 5.74) is 5.16. The van der Waals surface area contributed by atoms with Gasteiger partial charge in [0.15, 0.2) is 6.61 Å². The first kappa shape index (κ1) is 26.1. The Hall–Kier alpha value is -2.98. The summed E-state index contributed by atoms with van der Waals surface area (Å²) in [5.74, 6) is -2.37. The number of methoxy groups -OCH3 is 1. The van der Waals surface area contributed by atoms with Gasteiger partial charge in [-0.05, 0) is 30.0 Å². The highest BCUT2D eigenvalue weighted by Gasteiger charge is 2.29. The molecule has 0 spiro atoms. The smallest absolute Gasteiger partial charge is 0.422 e. The Morgan fingerprint density at radius 1 is 1.16 bits per heavy atom. The number of nitrogens with one attached hydrogen (secondary N) is 2. The molecule has 174 valence electrons. The van der Waals surface area contributed by atoms with Crippen LogP contribution in [0.1, 0.15) is 44.0 Å². The van der Waals surface area contributed by atoms with E-state index in [9.17, 15) is 27.6 Å². The van der Waals surface area contributed by atoms with Gasteiger partial charge in [-0.15, -0.1) is 0 Å². The number of nitrogens with two attached hydrogens (primary N) is 1. The number of rotatable bonds is 10. The van der Waals surface area contributed by atoms with Gasteiger partial charge in [-0.25, -0.2) is 4.79 Å². The molecule has 1 atom stereocenters. The van der Waals surface area contributed by atoms with E-state index in [0.717, 1.165) is 13.2 Å². The van der Waals surface area contributed by atoms with Gasteiger partial charge >= 0.3 is 12.1 Å². The van der Waals surface area contributed by atoms with Gasteiger partial charge in [0.1, 0.15) is 11.8 Å². The highest BCUT2D eigenvalue weighted by molar-refractivity contribution is 5.97. The molecular weight excluding hydrogens is 419 g/mol. The predicted molar refractivity (Wildman–Crippen MR) is 108 cm³/mol. The average Bonchev–Trinajstić information content (AvgIpc) is 2.65. The van der Waals surface area contributed by atoms with Crippen LogP contribution in [0, 0.1) is 5.41 Å². The van der Waals surface area contributed by atoms with Gasteiger partial charge in [0, 0.05) is 18.5 Å². The van der Waals surface area contributed by atoms with Crippen molar-refractivity contribution in [3.63, 3.8) is 0 Å². The maximum absolute atomic E-state index is 12.6. The van der Waals surface area contributed by atoms with Crippen molar-refractivity contribution < 1.29 is 37.0 Å². The average molecular weight is 447 g/mol. The molecule has 0 saturated heterocycles. The zero-order valence-electron chi connectivity index (χ0n) is 17.9. The van der Waals surface area contributed by atoms with Crippen LogP contribution in [0.25, 0.3) is 0 Å². The molecular formula is C20H28F3N3O5. The van der Waals surface area contributed by atoms with Crippen molar-refractivity contribution in [1.82, 2.24) is 5.32 Å². The minimum absolute atomic E-state index is 0.0357. The quantitative estimate of drug-likeness (QED) is 0.475. The van der Waals surface area contributed by atoms with Crippen molar-refractivity contribution in [3.8, 4) is 5.75 Å². The number of alkyl halides is 3. The lowest BCUT2D eigenvalue weighted by atomic mass is 9.97. The van der Waals surface area contributed by atoms with Crippen LogP contribution in [0.15, 0.2) is 18.2 Å². The number of hydrogen-bond acceptors (Lipinski definition) is 6. The number of carbonyl (C=O) groups excluding carboxylic acids is 3. The monoisotopic (exact) mass is 447 g/mol. The molecule has 0 fully saturated rings. The van der Waals surface area contributed by atoms with E-state index in [0.29, 0.717) is 6.54 Å². The molecule has 0 aliphatic carbocycles. The molecule has 1 aromatic carbocycles. The van der Waals surface area contributed by atoms with Crippen molar-refractivity contribution in [2.75, 3.05) is 25.6 Å². The standard InChI is InChI=1S/C20H28F3N3O5/c1-19(2,3)10-25-13-6-5-12(9-15(13)31-11-20(21,22)23)17(28)26-14(18(29)30-4)7-8-16(24)27/h5-6,9,14,25H,7-8,10-11H2,1-4H3,(H2,24,27)(H,26,28). The second kappa shape index (κ2) is 10.9. The molecule has 0 aliphatic rings. The maximum Gasteiger partial charge on any atom is 0.422 e. The molecule has 0 aromatic heterocycles. The van der Waals surface area contributed by atoms with Crippen LogP contribution < -0.4 is 21.1 Å². The third-order valence-corrected chi connectivity index (χ3v) is 3.91. The first-order chi connectivity index (χ1) is 14.2. The van der Waals surface area contributed by atoms with Crippen LogP contribution in [0.2, 0.25) is 0 Å². The number of carbonyl (C=O) groups is 3.